The van der Waals surface area contributed by atoms with E-state index in [1.165, 1.54) is 4.53 Å². The van der Waals surface area contributed by atoms with Crippen molar-refractivity contribution in [1.82, 2.24) is 9.95 Å². The summed E-state index contributed by atoms with van der Waals surface area (Å²) in [6.45, 7) is 5.65. The number of carbonyl (C=O) groups is 1. The lowest BCUT2D eigenvalue weighted by Gasteiger charge is -2.28. The van der Waals surface area contributed by atoms with Crippen molar-refractivity contribution in [2.75, 3.05) is 0 Å². The summed E-state index contributed by atoms with van der Waals surface area (Å²) in [5, 5.41) is 0.402. The molecule has 0 saturated heterocycles. The Kier molecular flexibility index (Phi) is 6.27. The van der Waals surface area contributed by atoms with Crippen molar-refractivity contribution in [1.29, 1.82) is 0 Å². The summed E-state index contributed by atoms with van der Waals surface area (Å²) in [5.41, 5.74) is 2.59. The van der Waals surface area contributed by atoms with Crippen molar-refractivity contribution in [2.45, 2.75) is 26.3 Å². The van der Waals surface area contributed by atoms with Crippen LogP contribution in [0.5, 0.6) is 0 Å². The number of rotatable bonds is 2. The van der Waals surface area contributed by atoms with Crippen LogP contribution in [0.2, 0.25) is 5.02 Å². The maximum absolute atomic E-state index is 11.8. The van der Waals surface area contributed by atoms with Crippen LogP contribution in [0.4, 0.5) is 0 Å². The summed E-state index contributed by atoms with van der Waals surface area (Å²) in [5.74, 6) is -0.324. The summed E-state index contributed by atoms with van der Waals surface area (Å²) < 4.78 is 1.23. The molecular weight excluding hydrogens is 282 g/mol. The van der Waals surface area contributed by atoms with Gasteiger partial charge in [-0.2, -0.15) is 0 Å². The Labute approximate surface area is 118 Å². The van der Waals surface area contributed by atoms with Gasteiger partial charge in [0, 0.05) is 17.3 Å². The fraction of sp³-hybridized carbons (Fsp3) is 0.364. The molecule has 0 radical (unpaired) electrons. The van der Waals surface area contributed by atoms with Gasteiger partial charge in [-0.05, 0) is 32.9 Å². The zero-order valence-electron chi connectivity index (χ0n) is 9.83. The Morgan fingerprint density at radius 1 is 1.29 bits per heavy atom. The zero-order valence-corrected chi connectivity index (χ0v) is 12.2. The van der Waals surface area contributed by atoms with Gasteiger partial charge in [0.15, 0.2) is 0 Å². The number of carbonyl (C=O) groups excluding carboxylic acids is 1. The largest absolute Gasteiger partial charge is 0.270 e. The molecule has 0 saturated carbocycles. The molecule has 0 aromatic heterocycles. The molecule has 17 heavy (non-hydrogen) atoms. The summed E-state index contributed by atoms with van der Waals surface area (Å²) in [6.07, 6.45) is 0. The molecule has 1 aromatic rings. The van der Waals surface area contributed by atoms with Gasteiger partial charge in [-0.25, -0.2) is 0 Å². The maximum Gasteiger partial charge on any atom is 0.268 e. The van der Waals surface area contributed by atoms with Crippen LogP contribution in [0, 0.1) is 0 Å². The second kappa shape index (κ2) is 6.45. The first-order valence-corrected chi connectivity index (χ1v) is 5.55. The van der Waals surface area contributed by atoms with Crippen molar-refractivity contribution < 1.29 is 4.79 Å². The SMILES string of the molecule is CC(C)(C)N(Cl)NC(=O)c1ccccc1Cl.Cl. The molecule has 96 valence electrons. The van der Waals surface area contributed by atoms with Gasteiger partial charge in [-0.1, -0.05) is 23.7 Å². The smallest absolute Gasteiger partial charge is 0.268 e. The third kappa shape index (κ3) is 4.72. The number of hydrazine groups is 1. The Morgan fingerprint density at radius 3 is 2.29 bits per heavy atom. The van der Waals surface area contributed by atoms with Crippen LogP contribution < -0.4 is 5.43 Å². The minimum absolute atomic E-state index is 0. The molecule has 1 N–H and O–H groups in total. The quantitative estimate of drug-likeness (QED) is 0.667. The molecule has 0 aliphatic carbocycles. The van der Waals surface area contributed by atoms with E-state index in [-0.39, 0.29) is 23.9 Å². The van der Waals surface area contributed by atoms with E-state index in [0.29, 0.717) is 10.6 Å². The number of halogens is 3. The topological polar surface area (TPSA) is 32.3 Å². The third-order valence-electron chi connectivity index (χ3n) is 1.91. The summed E-state index contributed by atoms with van der Waals surface area (Å²) in [4.78, 5) is 11.8. The maximum atomic E-state index is 11.8. The summed E-state index contributed by atoms with van der Waals surface area (Å²) in [6, 6.07) is 6.81. The fourth-order valence-electron chi connectivity index (χ4n) is 0.962. The van der Waals surface area contributed by atoms with Gasteiger partial charge in [-0.3, -0.25) is 10.2 Å². The fourth-order valence-corrected chi connectivity index (χ4v) is 1.26. The number of nitrogens with zero attached hydrogens (tertiary/aromatic N) is 1. The van der Waals surface area contributed by atoms with Crippen molar-refractivity contribution in [2.24, 2.45) is 0 Å². The highest BCUT2D eigenvalue weighted by molar-refractivity contribution is 6.33. The average molecular weight is 298 g/mol. The van der Waals surface area contributed by atoms with Crippen LogP contribution >= 0.6 is 35.8 Å². The van der Waals surface area contributed by atoms with E-state index in [1.54, 1.807) is 24.3 Å². The van der Waals surface area contributed by atoms with Crippen LogP contribution in [0.25, 0.3) is 0 Å². The van der Waals surface area contributed by atoms with E-state index in [1.807, 2.05) is 20.8 Å². The Bertz CT molecular complexity index is 391. The van der Waals surface area contributed by atoms with Gasteiger partial charge in [0.2, 0.25) is 0 Å². The van der Waals surface area contributed by atoms with Crippen LogP contribution in [0.1, 0.15) is 31.1 Å². The van der Waals surface area contributed by atoms with E-state index < -0.39 is 0 Å². The second-order valence-corrected chi connectivity index (χ2v) is 5.12. The number of nitrogens with one attached hydrogen (secondary N) is 1. The first-order chi connectivity index (χ1) is 7.32. The monoisotopic (exact) mass is 296 g/mol. The standard InChI is InChI=1S/C11H14Cl2N2O.ClH/c1-11(2,3)15(13)14-10(16)8-6-4-5-7-9(8)12;/h4-7H,1-3H3,(H,14,16);1H. The number of hydrogen-bond donors (Lipinski definition) is 1. The molecule has 1 rings (SSSR count). The van der Waals surface area contributed by atoms with Crippen molar-refractivity contribution in [3.63, 3.8) is 0 Å². The van der Waals surface area contributed by atoms with Crippen LogP contribution in [0.15, 0.2) is 24.3 Å². The predicted octanol–water partition coefficient (Wildman–Crippen LogP) is 3.66. The molecule has 6 heteroatoms. The Hall–Kier alpha value is -0.480. The molecule has 0 atom stereocenters. The van der Waals surface area contributed by atoms with Crippen LogP contribution in [-0.2, 0) is 0 Å². The molecule has 0 spiro atoms. The third-order valence-corrected chi connectivity index (χ3v) is 2.83. The lowest BCUT2D eigenvalue weighted by molar-refractivity contribution is 0.0806. The second-order valence-electron chi connectivity index (χ2n) is 4.37. The molecule has 0 aliphatic rings. The van der Waals surface area contributed by atoms with Gasteiger partial charge in [-0.15, -0.1) is 16.9 Å². The van der Waals surface area contributed by atoms with Gasteiger partial charge < -0.3 is 0 Å². The highest BCUT2D eigenvalue weighted by Crippen LogP contribution is 2.17. The number of hydrogen-bond acceptors (Lipinski definition) is 2. The molecule has 0 unspecified atom stereocenters. The predicted molar refractivity (Wildman–Crippen MR) is 73.6 cm³/mol. The lowest BCUT2D eigenvalue weighted by atomic mass is 10.1. The van der Waals surface area contributed by atoms with E-state index >= 15 is 0 Å². The molecule has 1 amide bonds. The Morgan fingerprint density at radius 2 is 1.82 bits per heavy atom. The molecular formula is C11H15Cl3N2O. The molecule has 1 aromatic carbocycles. The summed E-state index contributed by atoms with van der Waals surface area (Å²) >= 11 is 11.8. The highest BCUT2D eigenvalue weighted by atomic mass is 35.5. The van der Waals surface area contributed by atoms with Gasteiger partial charge in [0.05, 0.1) is 10.6 Å². The number of benzene rings is 1. The van der Waals surface area contributed by atoms with Gasteiger partial charge in [0.25, 0.3) is 5.91 Å². The van der Waals surface area contributed by atoms with Crippen LogP contribution in [-0.4, -0.2) is 16.0 Å². The van der Waals surface area contributed by atoms with Crippen molar-refractivity contribution >= 4 is 41.7 Å². The molecule has 0 fully saturated rings. The number of amides is 1. The van der Waals surface area contributed by atoms with Gasteiger partial charge in [0.1, 0.15) is 0 Å². The van der Waals surface area contributed by atoms with Crippen LogP contribution in [0.3, 0.4) is 0 Å². The van der Waals surface area contributed by atoms with Crippen molar-refractivity contribution in [3.8, 4) is 0 Å². The first kappa shape index (κ1) is 16.5. The van der Waals surface area contributed by atoms with E-state index in [2.05, 4.69) is 5.43 Å². The first-order valence-electron chi connectivity index (χ1n) is 4.84. The summed E-state index contributed by atoms with van der Waals surface area (Å²) in [7, 11) is 0. The van der Waals surface area contributed by atoms with E-state index in [9.17, 15) is 4.79 Å². The minimum Gasteiger partial charge on any atom is -0.270 e. The lowest BCUT2D eigenvalue weighted by Crippen LogP contribution is -2.46. The zero-order chi connectivity index (χ0) is 12.3. The van der Waals surface area contributed by atoms with Crippen molar-refractivity contribution in [3.05, 3.63) is 34.9 Å². The van der Waals surface area contributed by atoms with E-state index in [4.69, 9.17) is 23.4 Å². The highest BCUT2D eigenvalue weighted by Gasteiger charge is 2.22. The molecule has 0 bridgehead atoms. The molecule has 0 heterocycles. The average Bonchev–Trinajstić information content (AvgIpc) is 2.16. The normalized spacial score (nSPS) is 10.9. The van der Waals surface area contributed by atoms with E-state index in [0.717, 1.165) is 0 Å². The Balaban J connectivity index is 0.00000256. The minimum atomic E-state index is -0.363. The molecule has 3 nitrogen and oxygen atoms in total. The van der Waals surface area contributed by atoms with Gasteiger partial charge >= 0.3 is 0 Å². The molecule has 0 aliphatic heterocycles.